The quantitative estimate of drug-likeness (QED) is 0.550. The molecule has 0 aromatic carbocycles. The Morgan fingerprint density at radius 2 is 1.96 bits per heavy atom. The summed E-state index contributed by atoms with van der Waals surface area (Å²) in [5, 5.41) is 5.12. The molecule has 0 saturated carbocycles. The van der Waals surface area contributed by atoms with E-state index in [-0.39, 0.29) is 12.1 Å². The Bertz CT molecular complexity index is 962. The van der Waals surface area contributed by atoms with E-state index in [1.54, 1.807) is 22.1 Å². The van der Waals surface area contributed by atoms with Crippen molar-refractivity contribution in [2.45, 2.75) is 55.9 Å². The molecule has 3 aliphatic rings. The number of hydrogen-bond donors (Lipinski definition) is 0. The monoisotopic (exact) mass is 408 g/mol. The lowest BCUT2D eigenvalue weighted by Crippen LogP contribution is -2.70. The highest BCUT2D eigenvalue weighted by atomic mass is 32.2. The van der Waals surface area contributed by atoms with E-state index in [4.69, 9.17) is 0 Å². The van der Waals surface area contributed by atoms with Gasteiger partial charge >= 0.3 is 0 Å². The minimum Gasteiger partial charge on any atom is -0.353 e. The third kappa shape index (κ3) is 2.94. The van der Waals surface area contributed by atoms with Crippen molar-refractivity contribution < 1.29 is 8.42 Å². The van der Waals surface area contributed by atoms with Gasteiger partial charge in [-0.05, 0) is 39.5 Å². The van der Waals surface area contributed by atoms with Gasteiger partial charge in [-0.15, -0.1) is 0 Å². The van der Waals surface area contributed by atoms with E-state index in [0.717, 1.165) is 23.1 Å². The van der Waals surface area contributed by atoms with Crippen LogP contribution in [0.2, 0.25) is 0 Å². The van der Waals surface area contributed by atoms with Crippen LogP contribution in [0, 0.1) is 13.8 Å². The van der Waals surface area contributed by atoms with Crippen molar-refractivity contribution in [1.29, 1.82) is 0 Å². The Morgan fingerprint density at radius 3 is 2.56 bits per heavy atom. The van der Waals surface area contributed by atoms with E-state index in [0.29, 0.717) is 30.2 Å². The van der Waals surface area contributed by atoms with E-state index in [1.165, 1.54) is 11.8 Å². The molecule has 27 heavy (non-hydrogen) atoms. The molecule has 3 fully saturated rings. The SMILES string of the molecule is CCn1nc(C)c(S(=O)(=O)N2C3CC2CN(c2ccnc(SC)n2)C3)c1C. The fourth-order valence-corrected chi connectivity index (χ4v) is 6.77. The molecule has 8 nitrogen and oxygen atoms in total. The summed E-state index contributed by atoms with van der Waals surface area (Å²) in [6, 6.07) is 1.85. The lowest BCUT2D eigenvalue weighted by atomic mass is 9.91. The topological polar surface area (TPSA) is 84.2 Å². The second kappa shape index (κ2) is 6.75. The highest BCUT2D eigenvalue weighted by molar-refractivity contribution is 7.98. The van der Waals surface area contributed by atoms with Crippen LogP contribution in [-0.4, -0.2) is 63.9 Å². The van der Waals surface area contributed by atoms with Crippen molar-refractivity contribution >= 4 is 27.6 Å². The van der Waals surface area contributed by atoms with Crippen molar-refractivity contribution in [2.75, 3.05) is 24.2 Å². The molecule has 0 N–H and O–H groups in total. The third-order valence-corrected chi connectivity index (χ3v) is 8.22. The number of nitrogens with zero attached hydrogens (tertiary/aromatic N) is 6. The van der Waals surface area contributed by atoms with Gasteiger partial charge in [0.1, 0.15) is 10.7 Å². The summed E-state index contributed by atoms with van der Waals surface area (Å²) in [7, 11) is -3.54. The molecule has 10 heteroatoms. The number of fused-ring (bicyclic) bond motifs is 2. The molecule has 0 radical (unpaired) electrons. The second-order valence-corrected chi connectivity index (χ2v) is 9.55. The van der Waals surface area contributed by atoms with Crippen LogP contribution < -0.4 is 4.90 Å². The number of hydrogen-bond acceptors (Lipinski definition) is 7. The van der Waals surface area contributed by atoms with Crippen molar-refractivity contribution in [2.24, 2.45) is 0 Å². The summed E-state index contributed by atoms with van der Waals surface area (Å²) in [5.41, 5.74) is 1.30. The Hall–Kier alpha value is -1.65. The van der Waals surface area contributed by atoms with Gasteiger partial charge < -0.3 is 4.90 Å². The number of rotatable bonds is 5. The Labute approximate surface area is 164 Å². The van der Waals surface area contributed by atoms with Gasteiger partial charge in [0, 0.05) is 37.9 Å². The summed E-state index contributed by atoms with van der Waals surface area (Å²) < 4.78 is 30.2. The minimum atomic E-state index is -3.54. The van der Waals surface area contributed by atoms with Crippen LogP contribution in [0.25, 0.3) is 0 Å². The largest absolute Gasteiger partial charge is 0.353 e. The highest BCUT2D eigenvalue weighted by Crippen LogP contribution is 2.40. The van der Waals surface area contributed by atoms with Crippen LogP contribution in [0.4, 0.5) is 5.82 Å². The molecule has 2 aromatic rings. The van der Waals surface area contributed by atoms with Crippen LogP contribution in [0.3, 0.4) is 0 Å². The summed E-state index contributed by atoms with van der Waals surface area (Å²) in [6.07, 6.45) is 4.60. The van der Waals surface area contributed by atoms with Gasteiger partial charge in [0.25, 0.3) is 0 Å². The van der Waals surface area contributed by atoms with Gasteiger partial charge in [0.05, 0.1) is 11.4 Å². The van der Waals surface area contributed by atoms with Crippen LogP contribution in [0.5, 0.6) is 0 Å². The van der Waals surface area contributed by atoms with Crippen LogP contribution >= 0.6 is 11.8 Å². The number of aryl methyl sites for hydroxylation is 2. The van der Waals surface area contributed by atoms with Gasteiger partial charge in [0.2, 0.25) is 10.0 Å². The summed E-state index contributed by atoms with van der Waals surface area (Å²) >= 11 is 1.50. The maximum atomic E-state index is 13.4. The van der Waals surface area contributed by atoms with Crippen molar-refractivity contribution in [3.8, 4) is 0 Å². The maximum Gasteiger partial charge on any atom is 0.247 e. The summed E-state index contributed by atoms with van der Waals surface area (Å²) in [6.45, 7) is 7.55. The number of anilines is 1. The van der Waals surface area contributed by atoms with Crippen LogP contribution in [0.1, 0.15) is 24.7 Å². The van der Waals surface area contributed by atoms with Gasteiger partial charge in [-0.1, -0.05) is 11.8 Å². The van der Waals surface area contributed by atoms with E-state index in [1.807, 2.05) is 26.2 Å². The number of piperazine rings is 1. The molecular weight excluding hydrogens is 384 g/mol. The normalized spacial score (nSPS) is 22.7. The second-order valence-electron chi connectivity index (χ2n) is 7.00. The Morgan fingerprint density at radius 1 is 1.26 bits per heavy atom. The van der Waals surface area contributed by atoms with E-state index >= 15 is 0 Å². The maximum absolute atomic E-state index is 13.4. The zero-order valence-corrected chi connectivity index (χ0v) is 17.6. The molecule has 0 aliphatic carbocycles. The highest BCUT2D eigenvalue weighted by Gasteiger charge is 2.52. The lowest BCUT2D eigenvalue weighted by Gasteiger charge is -2.55. The van der Waals surface area contributed by atoms with Crippen molar-refractivity contribution in [3.05, 3.63) is 23.7 Å². The standard InChI is InChI=1S/C17H24N6O2S2/c1-5-22-12(3)16(11(2)20-22)27(24,25)23-13-8-14(23)10-21(9-13)15-6-7-18-17(19-15)26-4/h6-7,13-14H,5,8-10H2,1-4H3. The minimum absolute atomic E-state index is 0.0229. The van der Waals surface area contributed by atoms with Crippen LogP contribution in [-0.2, 0) is 16.6 Å². The molecule has 0 spiro atoms. The molecule has 0 amide bonds. The van der Waals surface area contributed by atoms with E-state index in [9.17, 15) is 8.42 Å². The van der Waals surface area contributed by atoms with Gasteiger partial charge in [-0.2, -0.15) is 9.40 Å². The molecule has 5 rings (SSSR count). The molecule has 5 heterocycles. The molecule has 2 bridgehead atoms. The number of aromatic nitrogens is 4. The molecular formula is C17H24N6O2S2. The fourth-order valence-electron chi connectivity index (χ4n) is 4.23. The summed E-state index contributed by atoms with van der Waals surface area (Å²) in [4.78, 5) is 11.3. The Balaban J connectivity index is 1.59. The first kappa shape index (κ1) is 18.7. The first-order valence-electron chi connectivity index (χ1n) is 9.06. The fraction of sp³-hybridized carbons (Fsp3) is 0.588. The van der Waals surface area contributed by atoms with Gasteiger partial charge in [-0.25, -0.2) is 18.4 Å². The van der Waals surface area contributed by atoms with E-state index < -0.39 is 10.0 Å². The predicted molar refractivity (Wildman–Crippen MR) is 105 cm³/mol. The lowest BCUT2D eigenvalue weighted by molar-refractivity contribution is 0.0873. The zero-order chi connectivity index (χ0) is 19.3. The number of piperidine rings is 1. The molecule has 2 unspecified atom stereocenters. The van der Waals surface area contributed by atoms with Crippen LogP contribution in [0.15, 0.2) is 22.3 Å². The number of sulfonamides is 1. The van der Waals surface area contributed by atoms with Crippen molar-refractivity contribution in [1.82, 2.24) is 24.1 Å². The van der Waals surface area contributed by atoms with Gasteiger partial charge in [0.15, 0.2) is 5.16 Å². The average molecular weight is 409 g/mol. The molecule has 146 valence electrons. The Kier molecular flexibility index (Phi) is 4.68. The molecule has 3 saturated heterocycles. The molecule has 3 aliphatic heterocycles. The third-order valence-electron chi connectivity index (χ3n) is 5.40. The number of thioether (sulfide) groups is 1. The van der Waals surface area contributed by atoms with E-state index in [2.05, 4.69) is 20.0 Å². The first-order valence-corrected chi connectivity index (χ1v) is 11.7. The molecule has 2 atom stereocenters. The average Bonchev–Trinajstić information content (AvgIpc) is 2.95. The van der Waals surface area contributed by atoms with Crippen molar-refractivity contribution in [3.63, 3.8) is 0 Å². The zero-order valence-electron chi connectivity index (χ0n) is 16.0. The van der Waals surface area contributed by atoms with Gasteiger partial charge in [-0.3, -0.25) is 4.68 Å². The smallest absolute Gasteiger partial charge is 0.247 e. The molecule has 2 aromatic heterocycles. The predicted octanol–water partition coefficient (Wildman–Crippen LogP) is 1.68. The summed E-state index contributed by atoms with van der Waals surface area (Å²) in [5.74, 6) is 0.868. The first-order chi connectivity index (χ1) is 12.9.